The summed E-state index contributed by atoms with van der Waals surface area (Å²) in [6, 6.07) is 5.03. The molecule has 2 aromatic rings. The van der Waals surface area contributed by atoms with Crippen molar-refractivity contribution in [2.45, 2.75) is 20.1 Å². The Morgan fingerprint density at radius 3 is 2.83 bits per heavy atom. The number of carboxylic acids is 1. The van der Waals surface area contributed by atoms with Gasteiger partial charge in [0, 0.05) is 12.1 Å². The second-order valence-corrected chi connectivity index (χ2v) is 5.31. The third-order valence-electron chi connectivity index (χ3n) is 3.89. The lowest BCUT2D eigenvalue weighted by molar-refractivity contribution is 0.0505. The van der Waals surface area contributed by atoms with Crippen molar-refractivity contribution in [2.75, 3.05) is 13.2 Å². The molecule has 126 valence electrons. The van der Waals surface area contributed by atoms with Crippen molar-refractivity contribution < 1.29 is 28.6 Å². The van der Waals surface area contributed by atoms with Crippen LogP contribution in [0.2, 0.25) is 0 Å². The number of carbonyl (C=O) groups excluding carboxylic acids is 1. The van der Waals surface area contributed by atoms with Gasteiger partial charge >= 0.3 is 11.9 Å². The Morgan fingerprint density at radius 1 is 1.33 bits per heavy atom. The van der Waals surface area contributed by atoms with Crippen molar-refractivity contribution >= 4 is 11.9 Å². The molecule has 1 aromatic heterocycles. The number of esters is 1. The highest BCUT2D eigenvalue weighted by molar-refractivity contribution is 5.98. The van der Waals surface area contributed by atoms with Crippen LogP contribution in [0.1, 0.15) is 33.3 Å². The largest absolute Gasteiger partial charge is 0.478 e. The van der Waals surface area contributed by atoms with E-state index < -0.39 is 17.8 Å². The smallest absolute Gasteiger partial charge is 0.340 e. The molecule has 0 saturated carbocycles. The lowest BCUT2D eigenvalue weighted by Gasteiger charge is -2.20. The van der Waals surface area contributed by atoms with E-state index in [-0.39, 0.29) is 24.3 Å². The summed E-state index contributed by atoms with van der Waals surface area (Å²) < 4.78 is 25.9. The van der Waals surface area contributed by atoms with Crippen molar-refractivity contribution in [3.8, 4) is 11.3 Å². The van der Waals surface area contributed by atoms with Gasteiger partial charge in [0.2, 0.25) is 0 Å². The van der Waals surface area contributed by atoms with Crippen LogP contribution in [-0.4, -0.2) is 34.8 Å². The van der Waals surface area contributed by atoms with E-state index in [9.17, 15) is 19.1 Å². The predicted octanol–water partition coefficient (Wildman–Crippen LogP) is 2.70. The molecule has 2 heterocycles. The van der Waals surface area contributed by atoms with E-state index in [0.717, 1.165) is 12.1 Å². The van der Waals surface area contributed by atoms with Gasteiger partial charge in [-0.3, -0.25) is 0 Å². The van der Waals surface area contributed by atoms with E-state index in [1.54, 1.807) is 17.6 Å². The summed E-state index contributed by atoms with van der Waals surface area (Å²) >= 11 is 0. The van der Waals surface area contributed by atoms with Gasteiger partial charge < -0.3 is 19.1 Å². The molecule has 3 rings (SSSR count). The molecule has 1 aliphatic rings. The highest BCUT2D eigenvalue weighted by Gasteiger charge is 2.26. The first-order chi connectivity index (χ1) is 11.5. The SMILES string of the molecule is CCOC(=O)c1cc(-c2cc(F)ccc2C(=O)O)n2c1COCC2. The molecule has 0 unspecified atom stereocenters. The number of carbonyl (C=O) groups is 2. The molecule has 0 aliphatic carbocycles. The van der Waals surface area contributed by atoms with Gasteiger partial charge in [-0.15, -0.1) is 0 Å². The maximum absolute atomic E-state index is 13.7. The van der Waals surface area contributed by atoms with Gasteiger partial charge in [-0.2, -0.15) is 0 Å². The fourth-order valence-corrected chi connectivity index (χ4v) is 2.85. The van der Waals surface area contributed by atoms with Gasteiger partial charge in [0.1, 0.15) is 5.82 Å². The molecule has 0 amide bonds. The van der Waals surface area contributed by atoms with E-state index in [0.29, 0.717) is 30.1 Å². The Labute approximate surface area is 137 Å². The van der Waals surface area contributed by atoms with E-state index in [1.165, 1.54) is 6.07 Å². The van der Waals surface area contributed by atoms with E-state index >= 15 is 0 Å². The molecule has 7 heteroatoms. The van der Waals surface area contributed by atoms with E-state index in [1.807, 2.05) is 0 Å². The number of hydrogen-bond acceptors (Lipinski definition) is 4. The lowest BCUT2D eigenvalue weighted by atomic mass is 10.0. The number of aromatic nitrogens is 1. The normalized spacial score (nSPS) is 13.4. The summed E-state index contributed by atoms with van der Waals surface area (Å²) in [6.07, 6.45) is 0. The van der Waals surface area contributed by atoms with E-state index in [4.69, 9.17) is 9.47 Å². The minimum atomic E-state index is -1.16. The third-order valence-corrected chi connectivity index (χ3v) is 3.89. The first-order valence-electron chi connectivity index (χ1n) is 7.53. The molecule has 0 bridgehead atoms. The highest BCUT2D eigenvalue weighted by atomic mass is 19.1. The summed E-state index contributed by atoms with van der Waals surface area (Å²) in [6.45, 7) is 3.01. The molecule has 1 N–H and O–H groups in total. The van der Waals surface area contributed by atoms with Crippen molar-refractivity contribution in [3.05, 3.63) is 46.9 Å². The van der Waals surface area contributed by atoms with Gasteiger partial charge in [-0.25, -0.2) is 14.0 Å². The zero-order valence-corrected chi connectivity index (χ0v) is 13.0. The number of nitrogens with zero attached hydrogens (tertiary/aromatic N) is 1. The zero-order valence-electron chi connectivity index (χ0n) is 13.0. The first kappa shape index (κ1) is 16.2. The molecule has 0 saturated heterocycles. The summed E-state index contributed by atoms with van der Waals surface area (Å²) in [5, 5.41) is 9.37. The highest BCUT2D eigenvalue weighted by Crippen LogP contribution is 2.32. The van der Waals surface area contributed by atoms with Crippen LogP contribution < -0.4 is 0 Å². The molecule has 0 atom stereocenters. The van der Waals surface area contributed by atoms with E-state index in [2.05, 4.69) is 0 Å². The number of rotatable bonds is 4. The average molecular weight is 333 g/mol. The minimum absolute atomic E-state index is 0.0291. The van der Waals surface area contributed by atoms with Crippen LogP contribution in [0.5, 0.6) is 0 Å². The van der Waals surface area contributed by atoms with Crippen LogP contribution in [0, 0.1) is 5.82 Å². The number of halogens is 1. The minimum Gasteiger partial charge on any atom is -0.478 e. The molecule has 1 aliphatic heterocycles. The van der Waals surface area contributed by atoms with Crippen molar-refractivity contribution in [1.82, 2.24) is 4.57 Å². The summed E-state index contributed by atoms with van der Waals surface area (Å²) in [5.41, 5.74) is 1.58. The van der Waals surface area contributed by atoms with Crippen LogP contribution in [0.25, 0.3) is 11.3 Å². The predicted molar refractivity (Wildman–Crippen MR) is 82.4 cm³/mol. The summed E-state index contributed by atoms with van der Waals surface area (Å²) in [4.78, 5) is 23.6. The number of aromatic carboxylic acids is 1. The zero-order chi connectivity index (χ0) is 17.3. The number of fused-ring (bicyclic) bond motifs is 1. The molecule has 1 aromatic carbocycles. The number of carboxylic acid groups (broad SMARTS) is 1. The number of ether oxygens (including phenoxy) is 2. The second kappa shape index (κ2) is 6.45. The molecular formula is C17H16FNO5. The van der Waals surface area contributed by atoms with Gasteiger partial charge in [0.15, 0.2) is 0 Å². The maximum atomic E-state index is 13.7. The number of benzene rings is 1. The molecule has 24 heavy (non-hydrogen) atoms. The molecule has 0 radical (unpaired) electrons. The second-order valence-electron chi connectivity index (χ2n) is 5.31. The monoisotopic (exact) mass is 333 g/mol. The average Bonchev–Trinajstić information content (AvgIpc) is 2.94. The fraction of sp³-hybridized carbons (Fsp3) is 0.294. The Kier molecular flexibility index (Phi) is 4.35. The van der Waals surface area contributed by atoms with Crippen molar-refractivity contribution in [3.63, 3.8) is 0 Å². The van der Waals surface area contributed by atoms with Gasteiger partial charge in [-0.05, 0) is 31.2 Å². The third kappa shape index (κ3) is 2.78. The maximum Gasteiger partial charge on any atom is 0.340 e. The first-order valence-corrected chi connectivity index (χ1v) is 7.53. The molecule has 0 fully saturated rings. The van der Waals surface area contributed by atoms with Crippen LogP contribution >= 0.6 is 0 Å². The van der Waals surface area contributed by atoms with Crippen molar-refractivity contribution in [1.29, 1.82) is 0 Å². The fourth-order valence-electron chi connectivity index (χ4n) is 2.85. The Balaban J connectivity index is 2.21. The van der Waals surface area contributed by atoms with Crippen LogP contribution in [0.4, 0.5) is 4.39 Å². The Hall–Kier alpha value is -2.67. The Bertz CT molecular complexity index is 812. The molecule has 6 nitrogen and oxygen atoms in total. The van der Waals surface area contributed by atoms with Gasteiger partial charge in [-0.1, -0.05) is 0 Å². The number of hydrogen-bond donors (Lipinski definition) is 1. The summed E-state index contributed by atoms with van der Waals surface area (Å²) in [7, 11) is 0. The topological polar surface area (TPSA) is 77.8 Å². The van der Waals surface area contributed by atoms with Crippen molar-refractivity contribution in [2.24, 2.45) is 0 Å². The summed E-state index contributed by atoms with van der Waals surface area (Å²) in [5.74, 6) is -2.22. The standard InChI is InChI=1S/C17H16FNO5/c1-2-24-17(22)13-8-14(19-5-6-23-9-15(13)19)12-7-10(18)3-4-11(12)16(20)21/h3-4,7-8H,2,5-6,9H2,1H3,(H,20,21). The van der Waals surface area contributed by atoms with Gasteiger partial charge in [0.25, 0.3) is 0 Å². The van der Waals surface area contributed by atoms with Crippen LogP contribution in [-0.2, 0) is 22.6 Å². The molecular weight excluding hydrogens is 317 g/mol. The molecule has 0 spiro atoms. The Morgan fingerprint density at radius 2 is 2.12 bits per heavy atom. The lowest BCUT2D eigenvalue weighted by Crippen LogP contribution is -2.19. The van der Waals surface area contributed by atoms with Crippen LogP contribution in [0.3, 0.4) is 0 Å². The van der Waals surface area contributed by atoms with Crippen LogP contribution in [0.15, 0.2) is 24.3 Å². The quantitative estimate of drug-likeness (QED) is 0.871. The van der Waals surface area contributed by atoms with Gasteiger partial charge in [0.05, 0.1) is 42.3 Å².